The third-order valence-corrected chi connectivity index (χ3v) is 6.40. The molecule has 0 saturated carbocycles. The molecular formula is C22H21F4N3O5. The molecule has 2 aromatic rings. The van der Waals surface area contributed by atoms with Gasteiger partial charge in [0.25, 0.3) is 11.8 Å². The van der Waals surface area contributed by atoms with Crippen LogP contribution in [0.4, 0.5) is 17.6 Å². The molecule has 0 radical (unpaired) electrons. The number of aromatic nitrogens is 1. The Bertz CT molecular complexity index is 1210. The molecule has 34 heavy (non-hydrogen) atoms. The van der Waals surface area contributed by atoms with E-state index in [1.54, 1.807) is 0 Å². The Morgan fingerprint density at radius 2 is 1.88 bits per heavy atom. The molecule has 2 amide bonds. The number of fused-ring (bicyclic) bond motifs is 4. The van der Waals surface area contributed by atoms with Crippen molar-refractivity contribution in [2.75, 3.05) is 13.7 Å². The van der Waals surface area contributed by atoms with Gasteiger partial charge in [0.15, 0.2) is 11.4 Å². The summed E-state index contributed by atoms with van der Waals surface area (Å²) in [6, 6.07) is -0.664. The fourth-order valence-electron chi connectivity index (χ4n) is 4.44. The first kappa shape index (κ1) is 23.7. The van der Waals surface area contributed by atoms with Gasteiger partial charge >= 0.3 is 0 Å². The van der Waals surface area contributed by atoms with Gasteiger partial charge in [0.2, 0.25) is 5.43 Å². The number of hydrogen-bond donors (Lipinski definition) is 2. The van der Waals surface area contributed by atoms with Crippen LogP contribution >= 0.6 is 0 Å². The molecule has 2 aliphatic heterocycles. The Balaban J connectivity index is 1.73. The van der Waals surface area contributed by atoms with Gasteiger partial charge in [-0.2, -0.15) is 0 Å². The second kappa shape index (κ2) is 8.75. The van der Waals surface area contributed by atoms with E-state index in [0.717, 1.165) is 6.20 Å². The number of hydrogen-bond acceptors (Lipinski definition) is 5. The number of amides is 2. The quantitative estimate of drug-likeness (QED) is 0.649. The number of nitrogens with zero attached hydrogens (tertiary/aromatic N) is 2. The highest BCUT2D eigenvalue weighted by Gasteiger charge is 2.46. The van der Waals surface area contributed by atoms with Crippen LogP contribution in [-0.2, 0) is 11.3 Å². The summed E-state index contributed by atoms with van der Waals surface area (Å²) in [6.07, 6.45) is -1.19. The highest BCUT2D eigenvalue weighted by molar-refractivity contribution is 5.99. The van der Waals surface area contributed by atoms with Gasteiger partial charge in [-0.05, 0) is 6.92 Å². The van der Waals surface area contributed by atoms with Crippen molar-refractivity contribution in [1.82, 2.24) is 14.8 Å². The Morgan fingerprint density at radius 3 is 2.50 bits per heavy atom. The third kappa shape index (κ3) is 3.81. The summed E-state index contributed by atoms with van der Waals surface area (Å²) in [5, 5.41) is 12.7. The van der Waals surface area contributed by atoms with Crippen LogP contribution in [0, 0.1) is 17.5 Å². The monoisotopic (exact) mass is 483 g/mol. The van der Waals surface area contributed by atoms with E-state index in [1.165, 1.54) is 23.5 Å². The highest BCUT2D eigenvalue weighted by Crippen LogP contribution is 2.36. The maximum atomic E-state index is 14.7. The number of halogens is 4. The van der Waals surface area contributed by atoms with Crippen LogP contribution < -0.4 is 10.7 Å². The number of aromatic hydroxyl groups is 1. The van der Waals surface area contributed by atoms with Crippen molar-refractivity contribution in [2.45, 2.75) is 44.2 Å². The molecule has 4 rings (SSSR count). The van der Waals surface area contributed by atoms with Crippen molar-refractivity contribution in [3.8, 4) is 5.75 Å². The molecule has 1 aromatic carbocycles. The average molecular weight is 483 g/mol. The molecule has 1 saturated heterocycles. The minimum absolute atomic E-state index is 0.0152. The molecule has 4 atom stereocenters. The predicted molar refractivity (Wildman–Crippen MR) is 110 cm³/mol. The molecule has 12 heteroatoms. The number of methoxy groups -OCH3 is 1. The van der Waals surface area contributed by atoms with E-state index in [9.17, 15) is 37.1 Å². The summed E-state index contributed by atoms with van der Waals surface area (Å²) in [5.41, 5.74) is -2.82. The minimum Gasteiger partial charge on any atom is -0.503 e. The molecule has 2 bridgehead atoms. The smallest absolute Gasteiger partial charge is 0.274 e. The molecule has 1 aromatic heterocycles. The molecule has 2 aliphatic rings. The molecule has 1 fully saturated rings. The lowest BCUT2D eigenvalue weighted by Crippen LogP contribution is -2.50. The Labute approximate surface area is 190 Å². The van der Waals surface area contributed by atoms with E-state index in [0.29, 0.717) is 12.1 Å². The van der Waals surface area contributed by atoms with Crippen LogP contribution in [0.1, 0.15) is 45.8 Å². The van der Waals surface area contributed by atoms with Gasteiger partial charge in [0.1, 0.15) is 29.2 Å². The van der Waals surface area contributed by atoms with E-state index in [2.05, 4.69) is 5.32 Å². The second-order valence-electron chi connectivity index (χ2n) is 8.30. The van der Waals surface area contributed by atoms with Gasteiger partial charge in [0.05, 0.1) is 18.2 Å². The SMILES string of the molecule is CO[C@@H]1C[C@@H](F)[C@H](C)N2C[C@H]1n1cc(C(=O)NCc3c(F)cc(F)cc3F)c(=O)c(O)c1C2=O. The standard InChI is InChI=1S/C22H21F4N3O5/c1-9-13(24)5-17(34-2)16-8-28(9)22(33)18-20(31)19(30)12(7-29(16)18)21(32)27-6-11-14(25)3-10(23)4-15(11)26/h3-4,7,9,13,16-17,31H,5-6,8H2,1-2H3,(H,27,32)/t9-,13+,16+,17+/m0/s1. The van der Waals surface area contributed by atoms with E-state index < -0.39 is 88.2 Å². The van der Waals surface area contributed by atoms with Crippen molar-refractivity contribution < 1.29 is 37.0 Å². The molecule has 0 unspecified atom stereocenters. The number of carbonyl (C=O) groups is 2. The zero-order valence-electron chi connectivity index (χ0n) is 18.1. The van der Waals surface area contributed by atoms with Crippen LogP contribution in [0.5, 0.6) is 5.75 Å². The number of pyridine rings is 1. The van der Waals surface area contributed by atoms with Crippen LogP contribution in [0.2, 0.25) is 0 Å². The van der Waals surface area contributed by atoms with Crippen molar-refractivity contribution >= 4 is 11.8 Å². The molecule has 3 heterocycles. The summed E-state index contributed by atoms with van der Waals surface area (Å²) < 4.78 is 62.2. The number of nitrogens with one attached hydrogen (secondary N) is 1. The molecule has 0 spiro atoms. The van der Waals surface area contributed by atoms with Crippen LogP contribution in [0.25, 0.3) is 0 Å². The van der Waals surface area contributed by atoms with Gasteiger partial charge in [-0.3, -0.25) is 14.4 Å². The van der Waals surface area contributed by atoms with Gasteiger partial charge in [-0.1, -0.05) is 0 Å². The van der Waals surface area contributed by atoms with Crippen molar-refractivity contribution in [3.63, 3.8) is 0 Å². The van der Waals surface area contributed by atoms with E-state index in [4.69, 9.17) is 4.74 Å². The largest absolute Gasteiger partial charge is 0.503 e. The maximum absolute atomic E-state index is 14.7. The average Bonchev–Trinajstić information content (AvgIpc) is 2.88. The fourth-order valence-corrected chi connectivity index (χ4v) is 4.44. The molecular weight excluding hydrogens is 462 g/mol. The zero-order valence-corrected chi connectivity index (χ0v) is 18.1. The zero-order chi connectivity index (χ0) is 24.9. The highest BCUT2D eigenvalue weighted by atomic mass is 19.1. The number of rotatable bonds is 4. The second-order valence-corrected chi connectivity index (χ2v) is 8.30. The van der Waals surface area contributed by atoms with Gasteiger partial charge in [0, 0.05) is 50.5 Å². The predicted octanol–water partition coefficient (Wildman–Crippen LogP) is 2.04. The fraction of sp³-hybridized carbons (Fsp3) is 0.409. The van der Waals surface area contributed by atoms with Gasteiger partial charge in [-0.25, -0.2) is 17.6 Å². The number of benzene rings is 1. The van der Waals surface area contributed by atoms with E-state index >= 15 is 0 Å². The Hall–Kier alpha value is -3.41. The number of carbonyl (C=O) groups excluding carboxylic acids is 2. The molecule has 2 N–H and O–H groups in total. The van der Waals surface area contributed by atoms with Crippen LogP contribution in [-0.4, -0.2) is 58.4 Å². The summed E-state index contributed by atoms with van der Waals surface area (Å²) in [4.78, 5) is 39.6. The maximum Gasteiger partial charge on any atom is 0.274 e. The van der Waals surface area contributed by atoms with E-state index in [1.807, 2.05) is 0 Å². The van der Waals surface area contributed by atoms with Gasteiger partial charge < -0.3 is 24.6 Å². The first-order valence-electron chi connectivity index (χ1n) is 10.4. The minimum atomic E-state index is -1.43. The van der Waals surface area contributed by atoms with Crippen molar-refractivity contribution in [3.05, 3.63) is 62.8 Å². The number of alkyl halides is 1. The van der Waals surface area contributed by atoms with Crippen molar-refractivity contribution in [1.29, 1.82) is 0 Å². The van der Waals surface area contributed by atoms with Gasteiger partial charge in [-0.15, -0.1) is 0 Å². The number of ether oxygens (including phenoxy) is 1. The lowest BCUT2D eigenvalue weighted by Gasteiger charge is -2.38. The van der Waals surface area contributed by atoms with Crippen molar-refractivity contribution in [2.24, 2.45) is 0 Å². The summed E-state index contributed by atoms with van der Waals surface area (Å²) in [5.74, 6) is -6.48. The Kier molecular flexibility index (Phi) is 6.11. The van der Waals surface area contributed by atoms with Crippen LogP contribution in [0.15, 0.2) is 23.1 Å². The normalized spacial score (nSPS) is 23.9. The Morgan fingerprint density at radius 1 is 1.24 bits per heavy atom. The molecule has 0 aliphatic carbocycles. The lowest BCUT2D eigenvalue weighted by atomic mass is 10.0. The topological polar surface area (TPSA) is 101 Å². The summed E-state index contributed by atoms with van der Waals surface area (Å²) in [6.45, 7) is 0.815. The summed E-state index contributed by atoms with van der Waals surface area (Å²) in [7, 11) is 1.36. The molecule has 182 valence electrons. The van der Waals surface area contributed by atoms with Crippen LogP contribution in [0.3, 0.4) is 0 Å². The lowest BCUT2D eigenvalue weighted by molar-refractivity contribution is 0.0314. The first-order chi connectivity index (χ1) is 16.0. The summed E-state index contributed by atoms with van der Waals surface area (Å²) >= 11 is 0. The third-order valence-electron chi connectivity index (χ3n) is 6.40. The molecule has 8 nitrogen and oxygen atoms in total. The van der Waals surface area contributed by atoms with E-state index in [-0.39, 0.29) is 13.0 Å². The first-order valence-corrected chi connectivity index (χ1v) is 10.4.